The minimum atomic E-state index is -0.213. The highest BCUT2D eigenvalue weighted by molar-refractivity contribution is 5.86. The standard InChI is InChI=1S/C20H22FN3.ClH/c1-12-13(2)23-19-17(12)9-10-22-20(19)18(11-14-3-4-14)24-16-7-5-15(21)6-8-16;/h5-10,14,18,23-24H,3-4,11H2,1-2H3;1H. The van der Waals surface area contributed by atoms with Gasteiger partial charge in [0, 0.05) is 23.0 Å². The van der Waals surface area contributed by atoms with Crippen molar-refractivity contribution >= 4 is 29.0 Å². The maximum absolute atomic E-state index is 13.2. The molecule has 0 bridgehead atoms. The van der Waals surface area contributed by atoms with Crippen LogP contribution in [-0.2, 0) is 0 Å². The fraction of sp³-hybridized carbons (Fsp3) is 0.350. The summed E-state index contributed by atoms with van der Waals surface area (Å²) in [5, 5.41) is 4.80. The quantitative estimate of drug-likeness (QED) is 0.614. The van der Waals surface area contributed by atoms with Crippen LogP contribution in [0.3, 0.4) is 0 Å². The number of hydrogen-bond donors (Lipinski definition) is 2. The van der Waals surface area contributed by atoms with Crippen LogP contribution >= 0.6 is 12.4 Å². The highest BCUT2D eigenvalue weighted by atomic mass is 35.5. The van der Waals surface area contributed by atoms with Crippen molar-refractivity contribution in [2.75, 3.05) is 5.32 Å². The van der Waals surface area contributed by atoms with Crippen molar-refractivity contribution in [1.29, 1.82) is 0 Å². The summed E-state index contributed by atoms with van der Waals surface area (Å²) in [6, 6.07) is 8.77. The van der Waals surface area contributed by atoms with Crippen LogP contribution in [0, 0.1) is 25.6 Å². The third kappa shape index (κ3) is 3.64. The van der Waals surface area contributed by atoms with Gasteiger partial charge in [0.1, 0.15) is 5.82 Å². The van der Waals surface area contributed by atoms with E-state index in [1.165, 1.54) is 41.6 Å². The van der Waals surface area contributed by atoms with E-state index in [-0.39, 0.29) is 24.3 Å². The Bertz CT molecular complexity index is 869. The Balaban J connectivity index is 0.00000182. The van der Waals surface area contributed by atoms with Crippen LogP contribution in [0.25, 0.3) is 10.9 Å². The van der Waals surface area contributed by atoms with Gasteiger partial charge in [0.15, 0.2) is 0 Å². The first-order valence-electron chi connectivity index (χ1n) is 8.57. The van der Waals surface area contributed by atoms with Gasteiger partial charge in [0.05, 0.1) is 17.3 Å². The Morgan fingerprint density at radius 2 is 1.92 bits per heavy atom. The number of aromatic amines is 1. The molecular formula is C20H23ClFN3. The first-order valence-corrected chi connectivity index (χ1v) is 8.57. The molecule has 1 aliphatic carbocycles. The molecule has 0 saturated heterocycles. The van der Waals surface area contributed by atoms with Crippen molar-refractivity contribution < 1.29 is 4.39 Å². The zero-order valence-electron chi connectivity index (χ0n) is 14.5. The zero-order chi connectivity index (χ0) is 16.7. The average molecular weight is 360 g/mol. The SMILES string of the molecule is Cc1[nH]c2c(C(CC3CC3)Nc3ccc(F)cc3)nccc2c1C.Cl. The topological polar surface area (TPSA) is 40.7 Å². The lowest BCUT2D eigenvalue weighted by Gasteiger charge is -2.20. The predicted molar refractivity (Wildman–Crippen MR) is 103 cm³/mol. The molecule has 132 valence electrons. The van der Waals surface area contributed by atoms with Crippen LogP contribution in [0.2, 0.25) is 0 Å². The number of anilines is 1. The molecule has 1 aromatic carbocycles. The number of hydrogen-bond acceptors (Lipinski definition) is 2. The molecule has 0 aliphatic heterocycles. The lowest BCUT2D eigenvalue weighted by molar-refractivity contribution is 0.617. The molecule has 2 N–H and O–H groups in total. The molecule has 2 aromatic heterocycles. The Morgan fingerprint density at radius 3 is 2.60 bits per heavy atom. The third-order valence-corrected chi connectivity index (χ3v) is 5.04. The summed E-state index contributed by atoms with van der Waals surface area (Å²) >= 11 is 0. The molecule has 25 heavy (non-hydrogen) atoms. The maximum Gasteiger partial charge on any atom is 0.123 e. The second-order valence-electron chi connectivity index (χ2n) is 6.88. The lowest BCUT2D eigenvalue weighted by Crippen LogP contribution is -2.14. The summed E-state index contributed by atoms with van der Waals surface area (Å²) in [7, 11) is 0. The van der Waals surface area contributed by atoms with E-state index in [4.69, 9.17) is 0 Å². The van der Waals surface area contributed by atoms with Gasteiger partial charge in [0.25, 0.3) is 0 Å². The summed E-state index contributed by atoms with van der Waals surface area (Å²) in [6.45, 7) is 4.24. The van der Waals surface area contributed by atoms with Gasteiger partial charge in [-0.15, -0.1) is 12.4 Å². The van der Waals surface area contributed by atoms with Crippen LogP contribution in [-0.4, -0.2) is 9.97 Å². The number of rotatable bonds is 5. The first-order chi connectivity index (χ1) is 11.6. The number of halogens is 2. The van der Waals surface area contributed by atoms with Gasteiger partial charge in [-0.25, -0.2) is 4.39 Å². The highest BCUT2D eigenvalue weighted by Crippen LogP contribution is 2.40. The molecule has 3 aromatic rings. The molecule has 0 spiro atoms. The van der Waals surface area contributed by atoms with Gasteiger partial charge in [-0.3, -0.25) is 4.98 Å². The molecule has 0 radical (unpaired) electrons. The normalized spacial score (nSPS) is 15.0. The molecular weight excluding hydrogens is 337 g/mol. The van der Waals surface area contributed by atoms with Gasteiger partial charge in [-0.1, -0.05) is 12.8 Å². The fourth-order valence-electron chi connectivity index (χ4n) is 3.34. The molecule has 5 heteroatoms. The zero-order valence-corrected chi connectivity index (χ0v) is 15.3. The van der Waals surface area contributed by atoms with Crippen molar-refractivity contribution in [3.8, 4) is 0 Å². The van der Waals surface area contributed by atoms with Crippen LogP contribution in [0.15, 0.2) is 36.5 Å². The summed E-state index contributed by atoms with van der Waals surface area (Å²) in [5.74, 6) is 0.548. The van der Waals surface area contributed by atoms with E-state index in [0.29, 0.717) is 0 Å². The van der Waals surface area contributed by atoms with E-state index in [9.17, 15) is 4.39 Å². The predicted octanol–water partition coefficient (Wildman–Crippen LogP) is 5.69. The van der Waals surface area contributed by atoms with Crippen molar-refractivity contribution in [1.82, 2.24) is 9.97 Å². The summed E-state index contributed by atoms with van der Waals surface area (Å²) in [5.41, 5.74) is 5.57. The average Bonchev–Trinajstić information content (AvgIpc) is 3.35. The van der Waals surface area contributed by atoms with Crippen LogP contribution in [0.1, 0.15) is 42.3 Å². The van der Waals surface area contributed by atoms with Crippen LogP contribution in [0.5, 0.6) is 0 Å². The highest BCUT2D eigenvalue weighted by Gasteiger charge is 2.28. The monoisotopic (exact) mass is 359 g/mol. The Morgan fingerprint density at radius 1 is 1.20 bits per heavy atom. The number of aromatic nitrogens is 2. The van der Waals surface area contributed by atoms with Crippen molar-refractivity contribution in [3.63, 3.8) is 0 Å². The van der Waals surface area contributed by atoms with E-state index < -0.39 is 0 Å². The van der Waals surface area contributed by atoms with E-state index in [0.717, 1.165) is 29.2 Å². The second-order valence-corrected chi connectivity index (χ2v) is 6.88. The third-order valence-electron chi connectivity index (χ3n) is 5.04. The van der Waals surface area contributed by atoms with Crippen molar-refractivity contribution in [2.45, 2.75) is 39.2 Å². The fourth-order valence-corrected chi connectivity index (χ4v) is 3.34. The van der Waals surface area contributed by atoms with E-state index in [2.05, 4.69) is 35.2 Å². The van der Waals surface area contributed by atoms with Gasteiger partial charge in [-0.05, 0) is 62.1 Å². The number of pyridine rings is 1. The molecule has 1 saturated carbocycles. The minimum absolute atomic E-state index is 0. The number of aryl methyl sites for hydroxylation is 2. The number of H-pyrrole nitrogens is 1. The van der Waals surface area contributed by atoms with E-state index >= 15 is 0 Å². The molecule has 0 amide bonds. The van der Waals surface area contributed by atoms with Crippen molar-refractivity contribution in [2.24, 2.45) is 5.92 Å². The summed E-state index contributed by atoms with van der Waals surface area (Å²) in [6.07, 6.45) is 5.53. The summed E-state index contributed by atoms with van der Waals surface area (Å²) < 4.78 is 13.2. The molecule has 1 unspecified atom stereocenters. The van der Waals surface area contributed by atoms with Gasteiger partial charge in [-0.2, -0.15) is 0 Å². The summed E-state index contributed by atoms with van der Waals surface area (Å²) in [4.78, 5) is 8.19. The minimum Gasteiger partial charge on any atom is -0.377 e. The van der Waals surface area contributed by atoms with Gasteiger partial charge >= 0.3 is 0 Å². The van der Waals surface area contributed by atoms with Crippen molar-refractivity contribution in [3.05, 3.63) is 59.3 Å². The Labute approximate surface area is 153 Å². The van der Waals surface area contributed by atoms with Gasteiger partial charge < -0.3 is 10.3 Å². The molecule has 1 fully saturated rings. The number of nitrogens with one attached hydrogen (secondary N) is 2. The molecule has 3 nitrogen and oxygen atoms in total. The number of nitrogens with zero attached hydrogens (tertiary/aromatic N) is 1. The van der Waals surface area contributed by atoms with Gasteiger partial charge in [0.2, 0.25) is 0 Å². The van der Waals surface area contributed by atoms with Crippen LogP contribution in [0.4, 0.5) is 10.1 Å². The molecule has 2 heterocycles. The molecule has 1 aliphatic rings. The number of fused-ring (bicyclic) bond motifs is 1. The maximum atomic E-state index is 13.2. The molecule has 4 rings (SSSR count). The Hall–Kier alpha value is -2.07. The smallest absolute Gasteiger partial charge is 0.123 e. The number of benzene rings is 1. The first kappa shape index (κ1) is 17.7. The Kier molecular flexibility index (Phi) is 5.00. The largest absolute Gasteiger partial charge is 0.377 e. The van der Waals surface area contributed by atoms with E-state index in [1.807, 2.05) is 6.20 Å². The second kappa shape index (κ2) is 7.04. The van der Waals surface area contributed by atoms with E-state index in [1.54, 1.807) is 12.1 Å². The van der Waals surface area contributed by atoms with Crippen LogP contribution < -0.4 is 5.32 Å². The molecule has 1 atom stereocenters. The lowest BCUT2D eigenvalue weighted by atomic mass is 10.0.